The van der Waals surface area contributed by atoms with Crippen LogP contribution in [0.1, 0.15) is 53.2 Å². The Morgan fingerprint density at radius 1 is 1.32 bits per heavy atom. The Balaban J connectivity index is 2.43. The largest absolute Gasteiger partial charge is 0.479 e. The molecular weight excluding hydrogens is 310 g/mol. The maximum atomic E-state index is 7.80. The Morgan fingerprint density at radius 3 is 2.60 bits per heavy atom. The number of nitrogens with one attached hydrogen (secondary N) is 1. The second-order valence-corrected chi connectivity index (χ2v) is 7.00. The molecule has 0 bridgehead atoms. The molecule has 1 unspecified atom stereocenters. The second kappa shape index (κ2) is 8.15. The monoisotopic (exact) mass is 339 g/mol. The van der Waals surface area contributed by atoms with E-state index in [-0.39, 0.29) is 5.92 Å². The van der Waals surface area contributed by atoms with Crippen LogP contribution in [0, 0.1) is 11.3 Å². The van der Waals surface area contributed by atoms with E-state index in [9.17, 15) is 0 Å². The van der Waals surface area contributed by atoms with Gasteiger partial charge in [-0.05, 0) is 64.2 Å². The number of hydrogen-bond donors (Lipinski definition) is 1. The summed E-state index contributed by atoms with van der Waals surface area (Å²) in [5.41, 5.74) is 6.27. The van der Waals surface area contributed by atoms with Gasteiger partial charge in [0.15, 0.2) is 0 Å². The molecule has 0 radical (unpaired) electrons. The number of allylic oxidation sites excluding steroid dienone is 4. The Hall–Kier alpha value is -2.36. The van der Waals surface area contributed by atoms with Gasteiger partial charge < -0.3 is 15.0 Å². The lowest BCUT2D eigenvalue weighted by Crippen LogP contribution is -2.13. The minimum Gasteiger partial charge on any atom is -0.479 e. The molecule has 1 aliphatic rings. The number of ether oxygens (including phenoxy) is 1. The first kappa shape index (κ1) is 19.0. The van der Waals surface area contributed by atoms with Gasteiger partial charge in [0, 0.05) is 18.1 Å². The average molecular weight is 339 g/mol. The van der Waals surface area contributed by atoms with Crippen molar-refractivity contribution >= 4 is 17.0 Å². The molecule has 1 aliphatic heterocycles. The molecule has 1 aromatic rings. The number of nitrogens with zero attached hydrogens (tertiary/aromatic N) is 2. The highest BCUT2D eigenvalue weighted by molar-refractivity contribution is 5.82. The van der Waals surface area contributed by atoms with Gasteiger partial charge in [0.05, 0.1) is 12.8 Å². The standard InChI is InChI=1S/C21H29N3O/c1-14(2)20(16(4)12-17(5)22)18-9-10-19(21(23-18)25-6)24-11-7-8-15(3)13-24/h7,9-11,13,16,22H,8,12H2,1-6H3. The van der Waals surface area contributed by atoms with Crippen molar-refractivity contribution < 1.29 is 4.74 Å². The van der Waals surface area contributed by atoms with Crippen LogP contribution in [0.4, 0.5) is 5.69 Å². The summed E-state index contributed by atoms with van der Waals surface area (Å²) in [5, 5.41) is 7.80. The SMILES string of the molecule is COc1nc(C(=C(C)C)C(C)CC(C)=N)ccc1N1C=CCC(C)=C1. The summed E-state index contributed by atoms with van der Waals surface area (Å²) in [6.07, 6.45) is 8.02. The fourth-order valence-corrected chi connectivity index (χ4v) is 3.33. The molecular formula is C21H29N3O. The van der Waals surface area contributed by atoms with Gasteiger partial charge in [-0.25, -0.2) is 4.98 Å². The summed E-state index contributed by atoms with van der Waals surface area (Å²) >= 11 is 0. The molecule has 0 aromatic carbocycles. The van der Waals surface area contributed by atoms with Crippen molar-refractivity contribution in [2.24, 2.45) is 5.92 Å². The second-order valence-electron chi connectivity index (χ2n) is 7.00. The number of hydrogen-bond acceptors (Lipinski definition) is 4. The Morgan fingerprint density at radius 2 is 2.04 bits per heavy atom. The predicted octanol–water partition coefficient (Wildman–Crippen LogP) is 5.58. The highest BCUT2D eigenvalue weighted by atomic mass is 16.5. The third-order valence-corrected chi connectivity index (χ3v) is 4.30. The number of rotatable bonds is 6. The zero-order valence-electron chi connectivity index (χ0n) is 16.2. The average Bonchev–Trinajstić information content (AvgIpc) is 2.53. The Bertz CT molecular complexity index is 740. The van der Waals surface area contributed by atoms with E-state index in [2.05, 4.69) is 63.2 Å². The van der Waals surface area contributed by atoms with Gasteiger partial charge >= 0.3 is 0 Å². The molecule has 1 N–H and O–H groups in total. The molecule has 0 spiro atoms. The summed E-state index contributed by atoms with van der Waals surface area (Å²) in [5.74, 6) is 0.869. The van der Waals surface area contributed by atoms with E-state index >= 15 is 0 Å². The van der Waals surface area contributed by atoms with Crippen molar-refractivity contribution in [3.8, 4) is 5.88 Å². The fourth-order valence-electron chi connectivity index (χ4n) is 3.33. The lowest BCUT2D eigenvalue weighted by Gasteiger charge is -2.23. The molecule has 1 aromatic heterocycles. The summed E-state index contributed by atoms with van der Waals surface area (Å²) in [6, 6.07) is 4.12. The summed E-state index contributed by atoms with van der Waals surface area (Å²) in [4.78, 5) is 6.84. The predicted molar refractivity (Wildman–Crippen MR) is 106 cm³/mol. The first-order chi connectivity index (χ1) is 11.8. The molecule has 134 valence electrons. The Labute approximate surface area is 151 Å². The molecule has 1 atom stereocenters. The van der Waals surface area contributed by atoms with Gasteiger partial charge in [0.2, 0.25) is 5.88 Å². The van der Waals surface area contributed by atoms with Crippen molar-refractivity contribution in [1.29, 1.82) is 5.41 Å². The van der Waals surface area contributed by atoms with Crippen LogP contribution in [0.25, 0.3) is 5.57 Å². The van der Waals surface area contributed by atoms with E-state index < -0.39 is 0 Å². The highest BCUT2D eigenvalue weighted by Crippen LogP contribution is 2.34. The quantitative estimate of drug-likeness (QED) is 0.689. The molecule has 2 rings (SSSR count). The van der Waals surface area contributed by atoms with Gasteiger partial charge in [-0.2, -0.15) is 0 Å². The topological polar surface area (TPSA) is 49.2 Å². The van der Waals surface area contributed by atoms with Crippen LogP contribution in [0.15, 0.2) is 41.8 Å². The lowest BCUT2D eigenvalue weighted by molar-refractivity contribution is 0.398. The smallest absolute Gasteiger partial charge is 0.238 e. The van der Waals surface area contributed by atoms with Gasteiger partial charge in [-0.15, -0.1) is 0 Å². The Kier molecular flexibility index (Phi) is 6.18. The summed E-state index contributed by atoms with van der Waals surface area (Å²) in [7, 11) is 1.66. The number of aromatic nitrogens is 1. The van der Waals surface area contributed by atoms with Crippen molar-refractivity contribution in [3.05, 3.63) is 47.4 Å². The minimum atomic E-state index is 0.252. The van der Waals surface area contributed by atoms with E-state index in [0.29, 0.717) is 11.6 Å². The fraction of sp³-hybridized carbons (Fsp3) is 0.429. The van der Waals surface area contributed by atoms with E-state index in [1.165, 1.54) is 16.7 Å². The first-order valence-corrected chi connectivity index (χ1v) is 8.72. The van der Waals surface area contributed by atoms with Crippen molar-refractivity contribution in [2.75, 3.05) is 12.0 Å². The highest BCUT2D eigenvalue weighted by Gasteiger charge is 2.19. The van der Waals surface area contributed by atoms with Gasteiger partial charge in [0.1, 0.15) is 5.69 Å². The first-order valence-electron chi connectivity index (χ1n) is 8.72. The van der Waals surface area contributed by atoms with Gasteiger partial charge in [-0.1, -0.05) is 24.1 Å². The number of pyridine rings is 1. The summed E-state index contributed by atoms with van der Waals surface area (Å²) < 4.78 is 5.58. The van der Waals surface area contributed by atoms with Crippen LogP contribution in [0.3, 0.4) is 0 Å². The molecule has 0 saturated heterocycles. The molecule has 2 heterocycles. The zero-order valence-corrected chi connectivity index (χ0v) is 16.2. The molecule has 0 amide bonds. The van der Waals surface area contributed by atoms with Crippen LogP contribution in [-0.4, -0.2) is 17.8 Å². The lowest BCUT2D eigenvalue weighted by atomic mass is 9.89. The minimum absolute atomic E-state index is 0.252. The van der Waals surface area contributed by atoms with Crippen molar-refractivity contribution in [3.63, 3.8) is 0 Å². The van der Waals surface area contributed by atoms with Crippen molar-refractivity contribution in [2.45, 2.75) is 47.5 Å². The number of anilines is 1. The third kappa shape index (κ3) is 4.59. The third-order valence-electron chi connectivity index (χ3n) is 4.30. The van der Waals surface area contributed by atoms with Crippen LogP contribution in [-0.2, 0) is 0 Å². The maximum absolute atomic E-state index is 7.80. The molecule has 0 fully saturated rings. The normalized spacial score (nSPS) is 14.8. The summed E-state index contributed by atoms with van der Waals surface area (Å²) in [6.45, 7) is 10.3. The van der Waals surface area contributed by atoms with Crippen LogP contribution < -0.4 is 9.64 Å². The van der Waals surface area contributed by atoms with Crippen LogP contribution in [0.5, 0.6) is 5.88 Å². The molecule has 25 heavy (non-hydrogen) atoms. The van der Waals surface area contributed by atoms with Gasteiger partial charge in [-0.3, -0.25) is 0 Å². The maximum Gasteiger partial charge on any atom is 0.238 e. The van der Waals surface area contributed by atoms with Crippen molar-refractivity contribution in [1.82, 2.24) is 4.98 Å². The molecule has 4 heteroatoms. The van der Waals surface area contributed by atoms with Crippen LogP contribution in [0.2, 0.25) is 0 Å². The molecule has 4 nitrogen and oxygen atoms in total. The molecule has 0 saturated carbocycles. The van der Waals surface area contributed by atoms with Gasteiger partial charge in [0.25, 0.3) is 0 Å². The zero-order chi connectivity index (χ0) is 18.6. The van der Waals surface area contributed by atoms with E-state index in [4.69, 9.17) is 15.1 Å². The van der Waals surface area contributed by atoms with E-state index in [1.807, 2.05) is 6.92 Å². The van der Waals surface area contributed by atoms with Crippen LogP contribution >= 0.6 is 0 Å². The van der Waals surface area contributed by atoms with E-state index in [0.717, 1.165) is 24.2 Å². The van der Waals surface area contributed by atoms with E-state index in [1.54, 1.807) is 7.11 Å². The number of methoxy groups -OCH3 is 1. The molecule has 0 aliphatic carbocycles.